The van der Waals surface area contributed by atoms with E-state index in [2.05, 4.69) is 5.32 Å². The van der Waals surface area contributed by atoms with E-state index < -0.39 is 0 Å². The maximum absolute atomic E-state index is 11.8. The maximum atomic E-state index is 11.8. The molecule has 1 spiro atoms. The minimum atomic E-state index is -0.332. The highest BCUT2D eigenvalue weighted by molar-refractivity contribution is 5.98. The van der Waals surface area contributed by atoms with Crippen molar-refractivity contribution in [2.75, 3.05) is 16.8 Å². The second-order valence-corrected chi connectivity index (χ2v) is 5.50. The van der Waals surface area contributed by atoms with Gasteiger partial charge in [0.1, 0.15) is 6.42 Å². The summed E-state index contributed by atoms with van der Waals surface area (Å²) in [5.41, 5.74) is 2.87. The van der Waals surface area contributed by atoms with Gasteiger partial charge in [-0.3, -0.25) is 9.59 Å². The van der Waals surface area contributed by atoms with E-state index in [1.165, 1.54) is 5.56 Å². The largest absolute Gasteiger partial charge is 0.325 e. The lowest BCUT2D eigenvalue weighted by Gasteiger charge is -2.15. The number of fused-ring (bicyclic) bond motifs is 2. The van der Waals surface area contributed by atoms with Crippen molar-refractivity contribution in [2.24, 2.45) is 0 Å². The van der Waals surface area contributed by atoms with Gasteiger partial charge in [-0.1, -0.05) is 6.07 Å². The normalized spacial score (nSPS) is 17.5. The lowest BCUT2D eigenvalue weighted by atomic mass is 9.98. The molecule has 20 heavy (non-hydrogen) atoms. The van der Waals surface area contributed by atoms with E-state index in [-0.39, 0.29) is 23.7 Å². The first-order valence-electron chi connectivity index (χ1n) is 6.65. The lowest BCUT2D eigenvalue weighted by molar-refractivity contribution is -0.116. The number of benzene rings is 1. The van der Waals surface area contributed by atoms with E-state index in [0.717, 1.165) is 25.1 Å². The van der Waals surface area contributed by atoms with Crippen molar-refractivity contribution in [2.45, 2.75) is 31.6 Å². The van der Waals surface area contributed by atoms with Gasteiger partial charge in [0.05, 0.1) is 6.07 Å². The van der Waals surface area contributed by atoms with Crippen LogP contribution in [0.3, 0.4) is 0 Å². The quantitative estimate of drug-likeness (QED) is 0.891. The zero-order valence-corrected chi connectivity index (χ0v) is 11.3. The summed E-state index contributed by atoms with van der Waals surface area (Å²) in [5.74, 6) is -0.309. The van der Waals surface area contributed by atoms with E-state index in [0.29, 0.717) is 5.69 Å². The summed E-state index contributed by atoms with van der Waals surface area (Å²) in [6.07, 6.45) is 2.06. The van der Waals surface area contributed by atoms with Crippen molar-refractivity contribution >= 4 is 23.2 Å². The molecule has 1 N–H and O–H groups in total. The molecule has 1 aromatic carbocycles. The number of anilines is 2. The van der Waals surface area contributed by atoms with Crippen molar-refractivity contribution in [1.82, 2.24) is 0 Å². The molecule has 1 aliphatic heterocycles. The minimum absolute atomic E-state index is 0.0236. The fourth-order valence-corrected chi connectivity index (χ4v) is 2.89. The van der Waals surface area contributed by atoms with Gasteiger partial charge in [0, 0.05) is 30.3 Å². The Morgan fingerprint density at radius 3 is 2.80 bits per heavy atom. The van der Waals surface area contributed by atoms with Gasteiger partial charge in [-0.2, -0.15) is 5.26 Å². The molecule has 5 nitrogen and oxygen atoms in total. The Hall–Kier alpha value is -2.35. The first kappa shape index (κ1) is 12.7. The average Bonchev–Trinajstić information content (AvgIpc) is 3.08. The number of nitriles is 1. The summed E-state index contributed by atoms with van der Waals surface area (Å²) in [6, 6.07) is 7.48. The Labute approximate surface area is 117 Å². The number of rotatable bonds is 2. The van der Waals surface area contributed by atoms with Crippen LogP contribution in [0.5, 0.6) is 0 Å². The number of nitrogens with zero attached hydrogens (tertiary/aromatic N) is 2. The summed E-state index contributed by atoms with van der Waals surface area (Å²) in [7, 11) is 0. The zero-order chi connectivity index (χ0) is 14.3. The first-order chi connectivity index (χ1) is 9.55. The molecule has 1 fully saturated rings. The van der Waals surface area contributed by atoms with Crippen molar-refractivity contribution in [3.05, 3.63) is 23.8 Å². The molecule has 0 aromatic heterocycles. The van der Waals surface area contributed by atoms with Gasteiger partial charge in [-0.25, -0.2) is 0 Å². The smallest absolute Gasteiger partial charge is 0.238 e. The fraction of sp³-hybridized carbons (Fsp3) is 0.400. The topological polar surface area (TPSA) is 73.2 Å². The average molecular weight is 269 g/mol. The second-order valence-electron chi connectivity index (χ2n) is 5.50. The van der Waals surface area contributed by atoms with Gasteiger partial charge in [0.2, 0.25) is 11.8 Å². The summed E-state index contributed by atoms with van der Waals surface area (Å²) in [4.78, 5) is 25.0. The van der Waals surface area contributed by atoms with Crippen LogP contribution in [0.2, 0.25) is 0 Å². The molecule has 1 aromatic rings. The van der Waals surface area contributed by atoms with Gasteiger partial charge in [-0.15, -0.1) is 0 Å². The highest BCUT2D eigenvalue weighted by Gasteiger charge is 2.52. The highest BCUT2D eigenvalue weighted by Crippen LogP contribution is 2.56. The van der Waals surface area contributed by atoms with E-state index in [9.17, 15) is 9.59 Å². The van der Waals surface area contributed by atoms with Gasteiger partial charge < -0.3 is 10.2 Å². The van der Waals surface area contributed by atoms with E-state index in [1.807, 2.05) is 24.3 Å². The third kappa shape index (κ3) is 1.94. The Kier molecular flexibility index (Phi) is 2.75. The predicted octanol–water partition coefficient (Wildman–Crippen LogP) is 1.94. The Bertz CT molecular complexity index is 641. The van der Waals surface area contributed by atoms with Gasteiger partial charge >= 0.3 is 0 Å². The molecule has 2 amide bonds. The van der Waals surface area contributed by atoms with E-state index >= 15 is 0 Å². The van der Waals surface area contributed by atoms with Gasteiger partial charge in [0.15, 0.2) is 0 Å². The third-order valence-electron chi connectivity index (χ3n) is 4.08. The van der Waals surface area contributed by atoms with Crippen LogP contribution in [-0.2, 0) is 15.0 Å². The van der Waals surface area contributed by atoms with Crippen molar-refractivity contribution < 1.29 is 9.59 Å². The van der Waals surface area contributed by atoms with E-state index in [4.69, 9.17) is 5.26 Å². The Morgan fingerprint density at radius 2 is 2.20 bits per heavy atom. The molecule has 0 bridgehead atoms. The monoisotopic (exact) mass is 269 g/mol. The molecular weight excluding hydrogens is 254 g/mol. The first-order valence-corrected chi connectivity index (χ1v) is 6.65. The molecular formula is C15H15N3O2. The van der Waals surface area contributed by atoms with Gasteiger partial charge in [-0.05, 0) is 30.5 Å². The number of nitrogens with one attached hydrogen (secondary N) is 1. The second kappa shape index (κ2) is 4.34. The summed E-state index contributed by atoms with van der Waals surface area (Å²) in [5, 5.41) is 11.2. The number of amides is 2. The lowest BCUT2D eigenvalue weighted by Crippen LogP contribution is -2.29. The standard InChI is InChI=1S/C15H15N3O2/c1-10(19)18-9-15(5-6-15)12-3-2-11(8-13(12)18)17-14(20)4-7-16/h2-3,8H,4-6,9H2,1H3,(H,17,20). The van der Waals surface area contributed by atoms with Crippen LogP contribution in [0.15, 0.2) is 18.2 Å². The molecule has 2 aliphatic rings. The number of carbonyl (C=O) groups excluding carboxylic acids is 2. The minimum Gasteiger partial charge on any atom is -0.325 e. The number of hydrogen-bond donors (Lipinski definition) is 1. The SMILES string of the molecule is CC(=O)N1CC2(CC2)c2ccc(NC(=O)CC#N)cc21. The zero-order valence-electron chi connectivity index (χ0n) is 11.3. The summed E-state index contributed by atoms with van der Waals surface area (Å²) in [6.45, 7) is 2.30. The van der Waals surface area contributed by atoms with Crippen molar-refractivity contribution in [3.8, 4) is 6.07 Å². The molecule has 1 saturated carbocycles. The van der Waals surface area contributed by atoms with Crippen LogP contribution in [-0.4, -0.2) is 18.4 Å². The molecule has 0 unspecified atom stereocenters. The number of hydrogen-bond acceptors (Lipinski definition) is 3. The van der Waals surface area contributed by atoms with Crippen LogP contribution in [0.1, 0.15) is 31.7 Å². The van der Waals surface area contributed by atoms with Crippen LogP contribution >= 0.6 is 0 Å². The molecule has 1 heterocycles. The molecule has 0 saturated heterocycles. The molecule has 0 atom stereocenters. The third-order valence-corrected chi connectivity index (χ3v) is 4.08. The van der Waals surface area contributed by atoms with Crippen LogP contribution in [0.25, 0.3) is 0 Å². The summed E-state index contributed by atoms with van der Waals surface area (Å²) < 4.78 is 0. The van der Waals surface area contributed by atoms with Crippen molar-refractivity contribution in [3.63, 3.8) is 0 Å². The molecule has 1 aliphatic carbocycles. The molecule has 3 rings (SSSR count). The Balaban J connectivity index is 1.92. The van der Waals surface area contributed by atoms with E-state index in [1.54, 1.807) is 11.8 Å². The molecule has 0 radical (unpaired) electrons. The Morgan fingerprint density at radius 1 is 1.45 bits per heavy atom. The maximum Gasteiger partial charge on any atom is 0.238 e. The number of carbonyl (C=O) groups is 2. The molecule has 5 heteroatoms. The summed E-state index contributed by atoms with van der Waals surface area (Å²) >= 11 is 0. The van der Waals surface area contributed by atoms with Crippen LogP contribution < -0.4 is 10.2 Å². The van der Waals surface area contributed by atoms with Crippen LogP contribution in [0, 0.1) is 11.3 Å². The fourth-order valence-electron chi connectivity index (χ4n) is 2.89. The van der Waals surface area contributed by atoms with Crippen LogP contribution in [0.4, 0.5) is 11.4 Å². The van der Waals surface area contributed by atoms with Crippen molar-refractivity contribution in [1.29, 1.82) is 5.26 Å². The van der Waals surface area contributed by atoms with Gasteiger partial charge in [0.25, 0.3) is 0 Å². The predicted molar refractivity (Wildman–Crippen MR) is 74.2 cm³/mol. The highest BCUT2D eigenvalue weighted by atomic mass is 16.2. The molecule has 102 valence electrons.